The molecule has 0 saturated heterocycles. The van der Waals surface area contributed by atoms with Gasteiger partial charge in [0.2, 0.25) is 0 Å². The van der Waals surface area contributed by atoms with E-state index >= 15 is 0 Å². The van der Waals surface area contributed by atoms with Crippen LogP contribution < -0.4 is 0 Å². The van der Waals surface area contributed by atoms with Crippen LogP contribution in [0, 0.1) is 5.92 Å². The fraction of sp³-hybridized carbons (Fsp3) is 0.455. The predicted molar refractivity (Wildman–Crippen MR) is 50.4 cm³/mol. The molecule has 1 aliphatic rings. The maximum atomic E-state index is 2.31. The summed E-state index contributed by atoms with van der Waals surface area (Å²) < 4.78 is 0. The molecule has 0 heteroatoms. The molecule has 1 aliphatic carbocycles. The highest BCUT2D eigenvalue weighted by Crippen LogP contribution is 2.14. The van der Waals surface area contributed by atoms with Crippen LogP contribution in [0.2, 0.25) is 0 Å². The van der Waals surface area contributed by atoms with Gasteiger partial charge in [0.25, 0.3) is 0 Å². The van der Waals surface area contributed by atoms with E-state index in [1.165, 1.54) is 12.0 Å². The van der Waals surface area contributed by atoms with Crippen LogP contribution in [0.4, 0.5) is 0 Å². The second-order valence-electron chi connectivity index (χ2n) is 3.40. The van der Waals surface area contributed by atoms with E-state index in [0.29, 0.717) is 0 Å². The van der Waals surface area contributed by atoms with E-state index in [0.717, 1.165) is 12.3 Å². The van der Waals surface area contributed by atoms with E-state index in [9.17, 15) is 0 Å². The maximum Gasteiger partial charge on any atom is -0.0160 e. The van der Waals surface area contributed by atoms with Crippen molar-refractivity contribution >= 4 is 0 Å². The summed E-state index contributed by atoms with van der Waals surface area (Å²) in [6, 6.07) is 0. The molecule has 11 heavy (non-hydrogen) atoms. The SMILES string of the molecule is CC(C)CC1=CCC=CC=C1. The highest BCUT2D eigenvalue weighted by Gasteiger charge is 1.97. The van der Waals surface area contributed by atoms with Crippen LogP contribution in [0.5, 0.6) is 0 Å². The minimum Gasteiger partial charge on any atom is -0.0807 e. The van der Waals surface area contributed by atoms with Gasteiger partial charge in [-0.05, 0) is 18.8 Å². The van der Waals surface area contributed by atoms with E-state index in [1.807, 2.05) is 0 Å². The highest BCUT2D eigenvalue weighted by molar-refractivity contribution is 5.26. The first kappa shape index (κ1) is 8.32. The van der Waals surface area contributed by atoms with Crippen molar-refractivity contribution < 1.29 is 0 Å². The normalized spacial score (nSPS) is 16.8. The van der Waals surface area contributed by atoms with E-state index in [1.54, 1.807) is 0 Å². The van der Waals surface area contributed by atoms with Gasteiger partial charge >= 0.3 is 0 Å². The van der Waals surface area contributed by atoms with Crippen LogP contribution in [0.3, 0.4) is 0 Å². The zero-order valence-corrected chi connectivity index (χ0v) is 7.38. The van der Waals surface area contributed by atoms with Gasteiger partial charge < -0.3 is 0 Å². The third-order valence-electron chi connectivity index (χ3n) is 1.72. The van der Waals surface area contributed by atoms with Gasteiger partial charge in [0, 0.05) is 0 Å². The van der Waals surface area contributed by atoms with E-state index in [-0.39, 0.29) is 0 Å². The van der Waals surface area contributed by atoms with Crippen molar-refractivity contribution in [3.63, 3.8) is 0 Å². The molecule has 0 aromatic heterocycles. The molecule has 0 atom stereocenters. The van der Waals surface area contributed by atoms with Gasteiger partial charge in [0.05, 0.1) is 0 Å². The Hall–Kier alpha value is -0.780. The molecule has 0 aromatic carbocycles. The number of hydrogen-bond acceptors (Lipinski definition) is 0. The molecular formula is C11H16. The first-order valence-corrected chi connectivity index (χ1v) is 4.31. The molecule has 0 nitrogen and oxygen atoms in total. The highest BCUT2D eigenvalue weighted by atomic mass is 14.0. The third-order valence-corrected chi connectivity index (χ3v) is 1.72. The second-order valence-corrected chi connectivity index (χ2v) is 3.40. The first-order chi connectivity index (χ1) is 5.29. The van der Waals surface area contributed by atoms with Crippen molar-refractivity contribution in [2.45, 2.75) is 26.7 Å². The summed E-state index contributed by atoms with van der Waals surface area (Å²) in [5, 5.41) is 0. The average molecular weight is 148 g/mol. The quantitative estimate of drug-likeness (QED) is 0.562. The Kier molecular flexibility index (Phi) is 3.15. The van der Waals surface area contributed by atoms with Gasteiger partial charge in [-0.1, -0.05) is 49.8 Å². The molecule has 0 spiro atoms. The lowest BCUT2D eigenvalue weighted by molar-refractivity contribution is 0.649. The molecule has 0 fully saturated rings. The fourth-order valence-electron chi connectivity index (χ4n) is 1.25. The molecule has 60 valence electrons. The maximum absolute atomic E-state index is 2.31. The first-order valence-electron chi connectivity index (χ1n) is 4.31. The molecule has 0 amide bonds. The zero-order valence-electron chi connectivity index (χ0n) is 7.38. The van der Waals surface area contributed by atoms with Crippen molar-refractivity contribution in [2.24, 2.45) is 5.92 Å². The summed E-state index contributed by atoms with van der Waals surface area (Å²) in [6.45, 7) is 4.51. The Balaban J connectivity index is 2.51. The molecule has 0 unspecified atom stereocenters. The Bertz CT molecular complexity index is 192. The Morgan fingerprint density at radius 1 is 1.36 bits per heavy atom. The molecule has 0 aliphatic heterocycles. The van der Waals surface area contributed by atoms with Crippen molar-refractivity contribution in [3.05, 3.63) is 36.0 Å². The molecule has 0 bridgehead atoms. The monoisotopic (exact) mass is 148 g/mol. The van der Waals surface area contributed by atoms with Gasteiger partial charge in [-0.3, -0.25) is 0 Å². The second kappa shape index (κ2) is 4.17. The van der Waals surface area contributed by atoms with Crippen LogP contribution in [0.25, 0.3) is 0 Å². The van der Waals surface area contributed by atoms with Gasteiger partial charge in [-0.2, -0.15) is 0 Å². The molecule has 0 saturated carbocycles. The summed E-state index contributed by atoms with van der Waals surface area (Å²) in [5.74, 6) is 0.768. The number of rotatable bonds is 2. The lowest BCUT2D eigenvalue weighted by atomic mass is 10.0. The van der Waals surface area contributed by atoms with Crippen molar-refractivity contribution in [1.29, 1.82) is 0 Å². The van der Waals surface area contributed by atoms with Crippen LogP contribution in [0.15, 0.2) is 36.0 Å². The topological polar surface area (TPSA) is 0 Å². The molecular weight excluding hydrogens is 132 g/mol. The van der Waals surface area contributed by atoms with Crippen LogP contribution in [0.1, 0.15) is 26.7 Å². The third kappa shape index (κ3) is 3.22. The van der Waals surface area contributed by atoms with E-state index in [4.69, 9.17) is 0 Å². The summed E-state index contributed by atoms with van der Waals surface area (Å²) in [5.41, 5.74) is 1.48. The number of hydrogen-bond donors (Lipinski definition) is 0. The number of allylic oxidation sites excluding steroid dienone is 6. The van der Waals surface area contributed by atoms with Gasteiger partial charge in [-0.15, -0.1) is 0 Å². The van der Waals surface area contributed by atoms with Crippen LogP contribution in [-0.4, -0.2) is 0 Å². The minimum atomic E-state index is 0.768. The summed E-state index contributed by atoms with van der Waals surface area (Å²) in [7, 11) is 0. The van der Waals surface area contributed by atoms with Crippen molar-refractivity contribution in [2.75, 3.05) is 0 Å². The Labute approximate surface area is 69.3 Å². The standard InChI is InChI=1S/C11H16/c1-10(2)9-11-7-5-3-4-6-8-11/h3-5,7-8,10H,6,9H2,1-2H3. The molecule has 1 rings (SSSR count). The van der Waals surface area contributed by atoms with Gasteiger partial charge in [0.15, 0.2) is 0 Å². The Morgan fingerprint density at radius 3 is 2.91 bits per heavy atom. The minimum absolute atomic E-state index is 0.768. The smallest absolute Gasteiger partial charge is 0.0160 e. The molecule has 0 aromatic rings. The fourth-order valence-corrected chi connectivity index (χ4v) is 1.25. The summed E-state index contributed by atoms with van der Waals surface area (Å²) in [6.07, 6.45) is 13.2. The summed E-state index contributed by atoms with van der Waals surface area (Å²) in [4.78, 5) is 0. The van der Waals surface area contributed by atoms with E-state index in [2.05, 4.69) is 44.2 Å². The largest absolute Gasteiger partial charge is 0.0807 e. The van der Waals surface area contributed by atoms with E-state index < -0.39 is 0 Å². The average Bonchev–Trinajstić information content (AvgIpc) is 2.14. The van der Waals surface area contributed by atoms with Crippen LogP contribution in [-0.2, 0) is 0 Å². The lowest BCUT2D eigenvalue weighted by Gasteiger charge is -2.03. The zero-order chi connectivity index (χ0) is 8.10. The van der Waals surface area contributed by atoms with Gasteiger partial charge in [0.1, 0.15) is 0 Å². The molecule has 0 heterocycles. The Morgan fingerprint density at radius 2 is 2.18 bits per heavy atom. The van der Waals surface area contributed by atoms with Gasteiger partial charge in [-0.25, -0.2) is 0 Å². The molecule has 0 N–H and O–H groups in total. The lowest BCUT2D eigenvalue weighted by Crippen LogP contribution is -1.88. The molecule has 0 radical (unpaired) electrons. The summed E-state index contributed by atoms with van der Waals surface area (Å²) >= 11 is 0. The van der Waals surface area contributed by atoms with Crippen LogP contribution >= 0.6 is 0 Å². The van der Waals surface area contributed by atoms with Crippen molar-refractivity contribution in [1.82, 2.24) is 0 Å². The van der Waals surface area contributed by atoms with Crippen molar-refractivity contribution in [3.8, 4) is 0 Å². The predicted octanol–water partition coefficient (Wildman–Crippen LogP) is 3.48.